The summed E-state index contributed by atoms with van der Waals surface area (Å²) in [5.74, 6) is -1.18. The van der Waals surface area contributed by atoms with E-state index in [1.807, 2.05) is 42.5 Å². The smallest absolute Gasteiger partial charge is 0.309 e. The Balaban J connectivity index is 1.84. The Morgan fingerprint density at radius 3 is 2.72 bits per heavy atom. The van der Waals surface area contributed by atoms with Gasteiger partial charge in [-0.15, -0.1) is 11.6 Å². The van der Waals surface area contributed by atoms with E-state index in [1.165, 1.54) is 0 Å². The summed E-state index contributed by atoms with van der Waals surface area (Å²) >= 11 is 5.87. The number of nitrogens with one attached hydrogen (secondary N) is 1. The fraction of sp³-hybridized carbons (Fsp3) is 0.308. The number of pyridine rings is 2. The number of benzene rings is 1. The summed E-state index contributed by atoms with van der Waals surface area (Å²) in [5, 5.41) is 27.5. The van der Waals surface area contributed by atoms with Crippen LogP contribution in [0.3, 0.4) is 0 Å². The second-order valence-electron chi connectivity index (χ2n) is 8.57. The summed E-state index contributed by atoms with van der Waals surface area (Å²) in [5.41, 5.74) is 10.7. The third-order valence-electron chi connectivity index (χ3n) is 5.98. The minimum atomic E-state index is -0.968. The highest BCUT2D eigenvalue weighted by atomic mass is 35.5. The predicted molar refractivity (Wildman–Crippen MR) is 140 cm³/mol. The number of fused-ring (bicyclic) bond motifs is 1. The van der Waals surface area contributed by atoms with Crippen molar-refractivity contribution in [1.82, 2.24) is 19.7 Å². The lowest BCUT2D eigenvalue weighted by molar-refractivity contribution is -0.140. The Kier molecular flexibility index (Phi) is 8.14. The number of anilines is 1. The molecule has 0 radical (unpaired) electrons. The van der Waals surface area contributed by atoms with E-state index >= 15 is 0 Å². The molecule has 188 valence electrons. The van der Waals surface area contributed by atoms with Gasteiger partial charge < -0.3 is 21.3 Å². The first-order chi connectivity index (χ1) is 17.4. The van der Waals surface area contributed by atoms with Crippen molar-refractivity contribution < 1.29 is 15.0 Å². The van der Waals surface area contributed by atoms with Gasteiger partial charge in [0.05, 0.1) is 41.3 Å². The Bertz CT molecular complexity index is 1360. The number of halogens is 1. The molecule has 4 aromatic rings. The number of aromatic nitrogens is 4. The molecule has 36 heavy (non-hydrogen) atoms. The molecule has 0 saturated heterocycles. The zero-order valence-corrected chi connectivity index (χ0v) is 20.7. The average Bonchev–Trinajstić information content (AvgIpc) is 3.33. The Labute approximate surface area is 214 Å². The van der Waals surface area contributed by atoms with Gasteiger partial charge in [-0.3, -0.25) is 9.78 Å². The normalized spacial score (nSPS) is 13.0. The first-order valence-electron chi connectivity index (χ1n) is 11.8. The van der Waals surface area contributed by atoms with Crippen LogP contribution in [0.5, 0.6) is 0 Å². The molecule has 0 aliphatic heterocycles. The molecule has 0 aliphatic rings. The zero-order valence-electron chi connectivity index (χ0n) is 19.9. The van der Waals surface area contributed by atoms with Crippen LogP contribution < -0.4 is 11.1 Å². The van der Waals surface area contributed by atoms with Gasteiger partial charge in [0.25, 0.3) is 0 Å². The highest BCUT2D eigenvalue weighted by Gasteiger charge is 2.19. The summed E-state index contributed by atoms with van der Waals surface area (Å²) in [6, 6.07) is 14.9. The molecule has 4 rings (SSSR count). The molecule has 5 N–H and O–H groups in total. The summed E-state index contributed by atoms with van der Waals surface area (Å²) in [7, 11) is 0. The van der Waals surface area contributed by atoms with Gasteiger partial charge in [-0.25, -0.2) is 9.67 Å². The maximum atomic E-state index is 11.5. The van der Waals surface area contributed by atoms with E-state index < -0.39 is 11.9 Å². The number of aliphatic carboxylic acids is 1. The number of carboxylic acids is 1. The third-order valence-corrected chi connectivity index (χ3v) is 6.35. The standard InChI is InChI=1S/C26H29ClN6O3/c1-2-5-20(28)22-8-4-7-21(32-22)16-10-23(29-13-17(12-27)26(35)36)19-14-30-33(24(19)11-16)25-9-3-6-18(15-34)31-25/h3-4,6-11,14,17,20,29,34H,2,5,12-13,15,28H2,1H3,(H,35,36). The third kappa shape index (κ3) is 5.48. The van der Waals surface area contributed by atoms with Crippen molar-refractivity contribution in [3.05, 3.63) is 66.1 Å². The molecule has 10 heteroatoms. The van der Waals surface area contributed by atoms with Crippen molar-refractivity contribution in [3.63, 3.8) is 0 Å². The highest BCUT2D eigenvalue weighted by Crippen LogP contribution is 2.32. The molecule has 3 heterocycles. The molecule has 0 fully saturated rings. The van der Waals surface area contributed by atoms with Gasteiger partial charge in [-0.2, -0.15) is 5.10 Å². The fourth-order valence-electron chi connectivity index (χ4n) is 3.99. The minimum absolute atomic E-state index is 0.0127. The molecule has 0 bridgehead atoms. The van der Waals surface area contributed by atoms with Crippen LogP contribution >= 0.6 is 11.6 Å². The van der Waals surface area contributed by atoms with Crippen LogP contribution in [-0.2, 0) is 11.4 Å². The Morgan fingerprint density at radius 2 is 2.00 bits per heavy atom. The van der Waals surface area contributed by atoms with Crippen molar-refractivity contribution in [1.29, 1.82) is 0 Å². The van der Waals surface area contributed by atoms with E-state index in [0.717, 1.165) is 40.7 Å². The molecule has 0 amide bonds. The SMILES string of the molecule is CCCC(N)c1cccc(-c2cc(NCC(CCl)C(=O)O)c3cnn(-c4cccc(CO)n4)c3c2)n1. The summed E-state index contributed by atoms with van der Waals surface area (Å²) in [6.45, 7) is 2.05. The van der Waals surface area contributed by atoms with Gasteiger partial charge in [0.1, 0.15) is 0 Å². The molecular formula is C26H29ClN6O3. The van der Waals surface area contributed by atoms with Crippen molar-refractivity contribution in [2.45, 2.75) is 32.4 Å². The number of aliphatic hydroxyl groups is 1. The molecule has 0 spiro atoms. The van der Waals surface area contributed by atoms with Gasteiger partial charge in [0, 0.05) is 35.1 Å². The number of carboxylic acid groups (broad SMARTS) is 1. The van der Waals surface area contributed by atoms with Gasteiger partial charge in [0.15, 0.2) is 5.82 Å². The van der Waals surface area contributed by atoms with Gasteiger partial charge in [-0.05, 0) is 42.8 Å². The number of nitrogens with two attached hydrogens (primary N) is 1. The Morgan fingerprint density at radius 1 is 1.19 bits per heavy atom. The zero-order chi connectivity index (χ0) is 25.7. The lowest BCUT2D eigenvalue weighted by atomic mass is 10.0. The van der Waals surface area contributed by atoms with Crippen LogP contribution in [0.1, 0.15) is 37.2 Å². The number of rotatable bonds is 11. The van der Waals surface area contributed by atoms with E-state index in [9.17, 15) is 15.0 Å². The second-order valence-corrected chi connectivity index (χ2v) is 8.88. The molecule has 2 unspecified atom stereocenters. The van der Waals surface area contributed by atoms with Crippen LogP contribution in [0.2, 0.25) is 0 Å². The van der Waals surface area contributed by atoms with Crippen LogP contribution in [-0.4, -0.2) is 48.4 Å². The van der Waals surface area contributed by atoms with Crippen molar-refractivity contribution in [3.8, 4) is 17.1 Å². The van der Waals surface area contributed by atoms with E-state index in [0.29, 0.717) is 17.2 Å². The number of alkyl halides is 1. The van der Waals surface area contributed by atoms with Crippen LogP contribution in [0, 0.1) is 5.92 Å². The molecule has 0 aliphatic carbocycles. The van der Waals surface area contributed by atoms with E-state index in [1.54, 1.807) is 16.9 Å². The van der Waals surface area contributed by atoms with Gasteiger partial charge in [-0.1, -0.05) is 25.5 Å². The average molecular weight is 509 g/mol. The molecular weight excluding hydrogens is 480 g/mol. The number of nitrogens with zero attached hydrogens (tertiary/aromatic N) is 4. The predicted octanol–water partition coefficient (Wildman–Crippen LogP) is 4.13. The molecule has 9 nitrogen and oxygen atoms in total. The van der Waals surface area contributed by atoms with Crippen molar-refractivity contribution in [2.24, 2.45) is 11.7 Å². The van der Waals surface area contributed by atoms with E-state index in [-0.39, 0.29) is 25.1 Å². The first-order valence-corrected chi connectivity index (χ1v) is 12.3. The summed E-state index contributed by atoms with van der Waals surface area (Å²) in [6.07, 6.45) is 3.49. The van der Waals surface area contributed by atoms with Gasteiger partial charge >= 0.3 is 5.97 Å². The van der Waals surface area contributed by atoms with Crippen LogP contribution in [0.25, 0.3) is 28.0 Å². The molecule has 0 saturated carbocycles. The number of carbonyl (C=O) groups is 1. The molecule has 3 aromatic heterocycles. The largest absolute Gasteiger partial charge is 0.481 e. The Hall–Kier alpha value is -3.53. The van der Waals surface area contributed by atoms with Crippen molar-refractivity contribution >= 4 is 34.2 Å². The lowest BCUT2D eigenvalue weighted by Gasteiger charge is -2.15. The molecule has 1 aromatic carbocycles. The summed E-state index contributed by atoms with van der Waals surface area (Å²) in [4.78, 5) is 20.8. The lowest BCUT2D eigenvalue weighted by Crippen LogP contribution is -2.24. The first kappa shape index (κ1) is 25.6. The quantitative estimate of drug-likeness (QED) is 0.222. The number of hydrogen-bond acceptors (Lipinski definition) is 7. The monoisotopic (exact) mass is 508 g/mol. The van der Waals surface area contributed by atoms with Gasteiger partial charge in [0.2, 0.25) is 0 Å². The maximum Gasteiger partial charge on any atom is 0.309 e. The van der Waals surface area contributed by atoms with Crippen LogP contribution in [0.4, 0.5) is 5.69 Å². The van der Waals surface area contributed by atoms with E-state index in [2.05, 4.69) is 22.3 Å². The number of hydrogen-bond donors (Lipinski definition) is 4. The minimum Gasteiger partial charge on any atom is -0.481 e. The maximum absolute atomic E-state index is 11.5. The highest BCUT2D eigenvalue weighted by molar-refractivity contribution is 6.19. The fourth-order valence-corrected chi connectivity index (χ4v) is 4.24. The van der Waals surface area contributed by atoms with E-state index in [4.69, 9.17) is 22.3 Å². The number of aliphatic hydroxyl groups excluding tert-OH is 1. The topological polar surface area (TPSA) is 139 Å². The van der Waals surface area contributed by atoms with Crippen LogP contribution in [0.15, 0.2) is 54.7 Å². The second kappa shape index (κ2) is 11.5. The summed E-state index contributed by atoms with van der Waals surface area (Å²) < 4.78 is 1.69. The molecule has 2 atom stereocenters. The van der Waals surface area contributed by atoms with Crippen molar-refractivity contribution in [2.75, 3.05) is 17.7 Å².